The minimum absolute atomic E-state index is 0.0696. The summed E-state index contributed by atoms with van der Waals surface area (Å²) in [4.78, 5) is 40.9. The predicted molar refractivity (Wildman–Crippen MR) is 176 cm³/mol. The average Bonchev–Trinajstić information content (AvgIpc) is 3.64. The summed E-state index contributed by atoms with van der Waals surface area (Å²) in [6.45, 7) is 11.5. The number of carbonyl (C=O) groups is 3. The Kier molecular flexibility index (Phi) is 9.64. The van der Waals surface area contributed by atoms with Crippen LogP contribution in [0.25, 0.3) is 0 Å². The number of rotatable bonds is 7. The molecule has 3 amide bonds. The smallest absolute Gasteiger partial charge is 0.410 e. The van der Waals surface area contributed by atoms with E-state index >= 15 is 0 Å². The molecular formula is C34H48ClFN6O4. The molecule has 3 aliphatic rings. The van der Waals surface area contributed by atoms with Crippen molar-refractivity contribution < 1.29 is 23.5 Å². The highest BCUT2D eigenvalue weighted by atomic mass is 35.5. The number of nitrogens with one attached hydrogen (secondary N) is 2. The number of nitrogen functional groups attached to an aromatic ring is 1. The molecule has 252 valence electrons. The summed E-state index contributed by atoms with van der Waals surface area (Å²) in [6, 6.07) is 4.04. The molecule has 0 radical (unpaired) electrons. The SMILES string of the molecule is Cn1nc(C2CC3CC(CNC(=O)C(C)(C)C4CCN(C(=O)OC(C)(C)C)CC4)CC3C2)c(C(=O)Nc2ccc(F)c(Cl)c2)c1N. The van der Waals surface area contributed by atoms with Crippen LogP contribution in [0.15, 0.2) is 18.2 Å². The molecule has 2 heterocycles. The largest absolute Gasteiger partial charge is 0.444 e. The number of aromatic nitrogens is 2. The molecule has 4 N–H and O–H groups in total. The van der Waals surface area contributed by atoms with E-state index in [1.165, 1.54) is 22.9 Å². The summed E-state index contributed by atoms with van der Waals surface area (Å²) in [7, 11) is 1.73. The molecule has 1 saturated heterocycles. The fraction of sp³-hybridized carbons (Fsp3) is 0.647. The number of halogens is 2. The van der Waals surface area contributed by atoms with E-state index in [1.54, 1.807) is 11.9 Å². The van der Waals surface area contributed by atoms with Crippen LogP contribution in [0.1, 0.15) is 95.1 Å². The van der Waals surface area contributed by atoms with Gasteiger partial charge in [0.2, 0.25) is 5.91 Å². The number of hydrogen-bond donors (Lipinski definition) is 3. The van der Waals surface area contributed by atoms with Crippen LogP contribution in [-0.4, -0.2) is 57.8 Å². The van der Waals surface area contributed by atoms with Crippen LogP contribution in [0.3, 0.4) is 0 Å². The van der Waals surface area contributed by atoms with Crippen LogP contribution in [0.2, 0.25) is 5.02 Å². The third-order valence-corrected chi connectivity index (χ3v) is 10.6. The number of amides is 3. The first-order chi connectivity index (χ1) is 21.5. The molecule has 3 fully saturated rings. The van der Waals surface area contributed by atoms with Crippen LogP contribution < -0.4 is 16.4 Å². The molecule has 2 atom stereocenters. The first-order valence-electron chi connectivity index (χ1n) is 16.4. The molecule has 0 bridgehead atoms. The summed E-state index contributed by atoms with van der Waals surface area (Å²) in [5.41, 5.74) is 6.68. The predicted octanol–water partition coefficient (Wildman–Crippen LogP) is 6.36. The second-order valence-corrected chi connectivity index (χ2v) is 15.5. The zero-order valence-corrected chi connectivity index (χ0v) is 28.5. The summed E-state index contributed by atoms with van der Waals surface area (Å²) in [6.07, 6.45) is 5.12. The zero-order chi connectivity index (χ0) is 33.6. The van der Waals surface area contributed by atoms with Gasteiger partial charge in [-0.25, -0.2) is 9.18 Å². The van der Waals surface area contributed by atoms with Gasteiger partial charge in [0, 0.05) is 43.7 Å². The summed E-state index contributed by atoms with van der Waals surface area (Å²) in [5.74, 6) is 1.10. The molecular weight excluding hydrogens is 611 g/mol. The Hall–Kier alpha value is -3.34. The lowest BCUT2D eigenvalue weighted by Gasteiger charge is -2.40. The summed E-state index contributed by atoms with van der Waals surface area (Å²) in [5, 5.41) is 10.6. The van der Waals surface area contributed by atoms with E-state index in [1.807, 2.05) is 34.6 Å². The Morgan fingerprint density at radius 2 is 1.70 bits per heavy atom. The van der Waals surface area contributed by atoms with Gasteiger partial charge in [0.1, 0.15) is 22.8 Å². The average molecular weight is 659 g/mol. The molecule has 1 aromatic carbocycles. The lowest BCUT2D eigenvalue weighted by atomic mass is 9.73. The molecule has 46 heavy (non-hydrogen) atoms. The van der Waals surface area contributed by atoms with Crippen LogP contribution in [0.4, 0.5) is 20.7 Å². The lowest BCUT2D eigenvalue weighted by molar-refractivity contribution is -0.133. The second kappa shape index (κ2) is 13.0. The highest BCUT2D eigenvalue weighted by Crippen LogP contribution is 2.53. The maximum Gasteiger partial charge on any atom is 0.410 e. The second-order valence-electron chi connectivity index (χ2n) is 15.1. The fourth-order valence-corrected chi connectivity index (χ4v) is 7.92. The van der Waals surface area contributed by atoms with Gasteiger partial charge >= 0.3 is 6.09 Å². The topological polar surface area (TPSA) is 132 Å². The van der Waals surface area contributed by atoms with E-state index < -0.39 is 16.8 Å². The number of ether oxygens (including phenoxy) is 1. The van der Waals surface area contributed by atoms with Crippen molar-refractivity contribution in [2.24, 2.45) is 36.1 Å². The van der Waals surface area contributed by atoms with Crippen LogP contribution in [0, 0.1) is 34.9 Å². The Balaban J connectivity index is 1.12. The van der Waals surface area contributed by atoms with Crippen molar-refractivity contribution in [3.63, 3.8) is 0 Å². The van der Waals surface area contributed by atoms with E-state index in [2.05, 4.69) is 15.7 Å². The zero-order valence-electron chi connectivity index (χ0n) is 27.8. The molecule has 1 aromatic heterocycles. The molecule has 2 aliphatic carbocycles. The number of nitrogens with zero attached hydrogens (tertiary/aromatic N) is 3. The standard InChI is InChI=1S/C34H48ClFN6O4/c1-33(2,3)46-32(45)42-11-9-23(10-12-42)34(4,5)31(44)38-18-19-13-20-15-22(16-21(20)14-19)28-27(29(37)41(6)40-28)30(43)39-24-7-8-26(36)25(35)17-24/h7-8,17,19-23H,9-16,18,37H2,1-6H3,(H,38,44)(H,39,43). The minimum Gasteiger partial charge on any atom is -0.444 e. The van der Waals surface area contributed by atoms with Gasteiger partial charge in [-0.1, -0.05) is 25.4 Å². The Bertz CT molecular complexity index is 1460. The lowest BCUT2D eigenvalue weighted by Crippen LogP contribution is -2.49. The highest BCUT2D eigenvalue weighted by Gasteiger charge is 2.45. The van der Waals surface area contributed by atoms with Crippen LogP contribution >= 0.6 is 11.6 Å². The van der Waals surface area contributed by atoms with E-state index in [0.717, 1.165) is 38.5 Å². The van der Waals surface area contributed by atoms with Crippen LogP contribution in [0.5, 0.6) is 0 Å². The van der Waals surface area contributed by atoms with Gasteiger partial charge in [0.25, 0.3) is 5.91 Å². The third kappa shape index (κ3) is 7.29. The molecule has 2 unspecified atom stereocenters. The number of aryl methyl sites for hydroxylation is 1. The monoisotopic (exact) mass is 658 g/mol. The maximum absolute atomic E-state index is 13.6. The van der Waals surface area contributed by atoms with Crippen molar-refractivity contribution in [1.29, 1.82) is 0 Å². The van der Waals surface area contributed by atoms with E-state index in [9.17, 15) is 18.8 Å². The number of anilines is 2. The van der Waals surface area contributed by atoms with E-state index in [4.69, 9.17) is 22.1 Å². The van der Waals surface area contributed by atoms with E-state index in [0.29, 0.717) is 54.3 Å². The van der Waals surface area contributed by atoms with Crippen LogP contribution in [-0.2, 0) is 16.6 Å². The van der Waals surface area contributed by atoms with Gasteiger partial charge in [0.05, 0.1) is 10.7 Å². The van der Waals surface area contributed by atoms with Crippen molar-refractivity contribution >= 4 is 41.0 Å². The molecule has 1 aliphatic heterocycles. The number of benzene rings is 1. The third-order valence-electron chi connectivity index (χ3n) is 10.3. The van der Waals surface area contributed by atoms with Gasteiger partial charge in [-0.2, -0.15) is 5.10 Å². The quantitative estimate of drug-likeness (QED) is 0.317. The number of fused-ring (bicyclic) bond motifs is 1. The number of piperidine rings is 1. The molecule has 12 heteroatoms. The number of likely N-dealkylation sites (tertiary alicyclic amines) is 1. The van der Waals surface area contributed by atoms with Gasteiger partial charge in [-0.15, -0.1) is 0 Å². The minimum atomic E-state index is -0.558. The first-order valence-corrected chi connectivity index (χ1v) is 16.8. The molecule has 2 saturated carbocycles. The molecule has 5 rings (SSSR count). The first kappa shape index (κ1) is 34.0. The molecule has 0 spiro atoms. The maximum atomic E-state index is 13.6. The molecule has 2 aromatic rings. The van der Waals surface area contributed by atoms with Crippen molar-refractivity contribution in [2.75, 3.05) is 30.7 Å². The van der Waals surface area contributed by atoms with Gasteiger partial charge < -0.3 is 26.0 Å². The summed E-state index contributed by atoms with van der Waals surface area (Å²) < 4.78 is 20.7. The Morgan fingerprint density at radius 3 is 2.28 bits per heavy atom. The summed E-state index contributed by atoms with van der Waals surface area (Å²) >= 11 is 5.90. The highest BCUT2D eigenvalue weighted by molar-refractivity contribution is 6.31. The van der Waals surface area contributed by atoms with Gasteiger partial charge in [-0.3, -0.25) is 14.3 Å². The van der Waals surface area contributed by atoms with Crippen molar-refractivity contribution in [2.45, 2.75) is 84.7 Å². The van der Waals surface area contributed by atoms with Crippen molar-refractivity contribution in [3.05, 3.63) is 40.3 Å². The Labute approximate surface area is 275 Å². The Morgan fingerprint density at radius 1 is 1.07 bits per heavy atom. The van der Waals surface area contributed by atoms with E-state index in [-0.39, 0.29) is 40.6 Å². The normalized spacial score (nSPS) is 23.7. The number of carbonyl (C=O) groups excluding carboxylic acids is 3. The van der Waals surface area contributed by atoms with Crippen molar-refractivity contribution in [3.8, 4) is 0 Å². The number of nitrogens with two attached hydrogens (primary N) is 1. The van der Waals surface area contributed by atoms with Crippen molar-refractivity contribution in [1.82, 2.24) is 20.0 Å². The number of hydrogen-bond acceptors (Lipinski definition) is 6. The van der Waals surface area contributed by atoms with Gasteiger partial charge in [0.15, 0.2) is 0 Å². The fourth-order valence-electron chi connectivity index (χ4n) is 7.74. The molecule has 10 nitrogen and oxygen atoms in total. The van der Waals surface area contributed by atoms with Gasteiger partial charge in [-0.05, 0) is 101 Å².